The van der Waals surface area contributed by atoms with Crippen molar-refractivity contribution < 1.29 is 24.4 Å². The Hall–Kier alpha value is -2.19. The first kappa shape index (κ1) is 16.9. The first-order valence-corrected chi connectivity index (χ1v) is 6.21. The Morgan fingerprint density at radius 1 is 1.52 bits per heavy atom. The number of carboxylic acid groups (broad SMARTS) is 1. The monoisotopic (exact) mass is 316 g/mol. The SMILES string of the molecule is COCCC(NC(=O)c1ccc(Cl)c([N+](=O)[O-])c1)C(=O)O. The lowest BCUT2D eigenvalue weighted by atomic mass is 10.1. The van der Waals surface area contributed by atoms with Gasteiger partial charge in [-0.3, -0.25) is 14.9 Å². The first-order valence-electron chi connectivity index (χ1n) is 5.83. The maximum Gasteiger partial charge on any atom is 0.326 e. The van der Waals surface area contributed by atoms with Crippen molar-refractivity contribution in [2.75, 3.05) is 13.7 Å². The van der Waals surface area contributed by atoms with Crippen molar-refractivity contribution in [1.29, 1.82) is 0 Å². The zero-order valence-corrected chi connectivity index (χ0v) is 11.8. The molecule has 1 rings (SSSR count). The van der Waals surface area contributed by atoms with E-state index in [1.807, 2.05) is 0 Å². The molecular weight excluding hydrogens is 304 g/mol. The van der Waals surface area contributed by atoms with Crippen molar-refractivity contribution in [1.82, 2.24) is 5.32 Å². The lowest BCUT2D eigenvalue weighted by Gasteiger charge is -2.14. The number of carbonyl (C=O) groups is 2. The Kier molecular flexibility index (Phi) is 6.07. The van der Waals surface area contributed by atoms with Gasteiger partial charge in [-0.25, -0.2) is 4.79 Å². The van der Waals surface area contributed by atoms with Crippen LogP contribution in [0.3, 0.4) is 0 Å². The van der Waals surface area contributed by atoms with Crippen molar-refractivity contribution in [3.8, 4) is 0 Å². The Bertz CT molecular complexity index is 563. The van der Waals surface area contributed by atoms with Crippen LogP contribution in [-0.4, -0.2) is 41.7 Å². The van der Waals surface area contributed by atoms with E-state index >= 15 is 0 Å². The van der Waals surface area contributed by atoms with Gasteiger partial charge < -0.3 is 15.2 Å². The molecule has 0 radical (unpaired) electrons. The average molecular weight is 317 g/mol. The van der Waals surface area contributed by atoms with Crippen LogP contribution < -0.4 is 5.32 Å². The highest BCUT2D eigenvalue weighted by atomic mass is 35.5. The molecule has 1 amide bonds. The van der Waals surface area contributed by atoms with Crippen LogP contribution in [-0.2, 0) is 9.53 Å². The van der Waals surface area contributed by atoms with Crippen LogP contribution in [0, 0.1) is 10.1 Å². The second kappa shape index (κ2) is 7.55. The van der Waals surface area contributed by atoms with Crippen LogP contribution in [0.5, 0.6) is 0 Å². The van der Waals surface area contributed by atoms with Crippen molar-refractivity contribution >= 4 is 29.2 Å². The van der Waals surface area contributed by atoms with Gasteiger partial charge in [-0.2, -0.15) is 0 Å². The zero-order valence-electron chi connectivity index (χ0n) is 11.0. The van der Waals surface area contributed by atoms with E-state index in [1.54, 1.807) is 0 Å². The number of hydrogen-bond donors (Lipinski definition) is 2. The number of benzene rings is 1. The maximum absolute atomic E-state index is 11.9. The van der Waals surface area contributed by atoms with Gasteiger partial charge in [0.1, 0.15) is 11.1 Å². The van der Waals surface area contributed by atoms with Gasteiger partial charge in [-0.05, 0) is 12.1 Å². The van der Waals surface area contributed by atoms with Crippen molar-refractivity contribution in [3.63, 3.8) is 0 Å². The molecule has 114 valence electrons. The molecule has 0 aliphatic carbocycles. The number of nitrogens with one attached hydrogen (secondary N) is 1. The number of rotatable bonds is 7. The fourth-order valence-corrected chi connectivity index (χ4v) is 1.72. The van der Waals surface area contributed by atoms with E-state index in [9.17, 15) is 19.7 Å². The largest absolute Gasteiger partial charge is 0.480 e. The highest BCUT2D eigenvalue weighted by Gasteiger charge is 2.22. The quantitative estimate of drug-likeness (QED) is 0.580. The number of nitrogens with zero attached hydrogens (tertiary/aromatic N) is 1. The normalized spacial score (nSPS) is 11.7. The third-order valence-electron chi connectivity index (χ3n) is 2.62. The Balaban J connectivity index is 2.90. The number of aliphatic carboxylic acids is 1. The summed E-state index contributed by atoms with van der Waals surface area (Å²) < 4.78 is 4.75. The predicted octanol–water partition coefficient (Wildman–Crippen LogP) is 1.47. The number of carbonyl (C=O) groups excluding carboxylic acids is 1. The van der Waals surface area contributed by atoms with Gasteiger partial charge in [0.25, 0.3) is 11.6 Å². The van der Waals surface area contributed by atoms with Gasteiger partial charge in [0.2, 0.25) is 0 Å². The predicted molar refractivity (Wildman–Crippen MR) is 73.5 cm³/mol. The van der Waals surface area contributed by atoms with E-state index in [0.29, 0.717) is 0 Å². The summed E-state index contributed by atoms with van der Waals surface area (Å²) in [6, 6.07) is 2.33. The highest BCUT2D eigenvalue weighted by molar-refractivity contribution is 6.32. The molecule has 0 aliphatic rings. The summed E-state index contributed by atoms with van der Waals surface area (Å²) in [6.45, 7) is 0.151. The summed E-state index contributed by atoms with van der Waals surface area (Å²) in [7, 11) is 1.41. The molecule has 1 unspecified atom stereocenters. The van der Waals surface area contributed by atoms with Gasteiger partial charge in [-0.1, -0.05) is 11.6 Å². The number of nitro groups is 1. The first-order chi connectivity index (χ1) is 9.86. The van der Waals surface area contributed by atoms with Gasteiger partial charge >= 0.3 is 5.97 Å². The number of carboxylic acids is 1. The van der Waals surface area contributed by atoms with Crippen LogP contribution in [0.1, 0.15) is 16.8 Å². The molecule has 0 aliphatic heterocycles. The Morgan fingerprint density at radius 2 is 2.19 bits per heavy atom. The third-order valence-corrected chi connectivity index (χ3v) is 2.94. The van der Waals surface area contributed by atoms with E-state index < -0.39 is 28.5 Å². The lowest BCUT2D eigenvalue weighted by Crippen LogP contribution is -2.41. The molecule has 0 saturated heterocycles. The van der Waals surface area contributed by atoms with Crippen LogP contribution in [0.2, 0.25) is 5.02 Å². The standard InChI is InChI=1S/C12H13ClN2O6/c1-21-5-4-9(12(17)18)14-11(16)7-2-3-8(13)10(6-7)15(19)20/h2-3,6,9H,4-5H2,1H3,(H,14,16)(H,17,18). The summed E-state index contributed by atoms with van der Waals surface area (Å²) in [5, 5.41) is 21.9. The lowest BCUT2D eigenvalue weighted by molar-refractivity contribution is -0.384. The molecule has 1 aromatic rings. The fraction of sp³-hybridized carbons (Fsp3) is 0.333. The van der Waals surface area contributed by atoms with Crippen LogP contribution in [0.15, 0.2) is 18.2 Å². The number of methoxy groups -OCH3 is 1. The van der Waals surface area contributed by atoms with Crippen molar-refractivity contribution in [2.45, 2.75) is 12.5 Å². The number of amides is 1. The summed E-state index contributed by atoms with van der Waals surface area (Å²) in [4.78, 5) is 33.0. The minimum atomic E-state index is -1.22. The summed E-state index contributed by atoms with van der Waals surface area (Å²) in [5.41, 5.74) is -0.470. The minimum absolute atomic E-state index is 0.0465. The van der Waals surface area contributed by atoms with E-state index in [2.05, 4.69) is 5.32 Å². The van der Waals surface area contributed by atoms with Gasteiger partial charge in [0, 0.05) is 31.8 Å². The molecule has 0 heterocycles. The second-order valence-corrected chi connectivity index (χ2v) is 4.48. The highest BCUT2D eigenvalue weighted by Crippen LogP contribution is 2.25. The van der Waals surface area contributed by atoms with Crippen molar-refractivity contribution in [3.05, 3.63) is 38.9 Å². The molecule has 2 N–H and O–H groups in total. The molecule has 1 atom stereocenters. The van der Waals surface area contributed by atoms with E-state index in [4.69, 9.17) is 21.4 Å². The number of ether oxygens (including phenoxy) is 1. The number of halogens is 1. The molecule has 21 heavy (non-hydrogen) atoms. The molecule has 0 fully saturated rings. The maximum atomic E-state index is 11.9. The Labute approximate surface area is 124 Å². The molecule has 1 aromatic carbocycles. The summed E-state index contributed by atoms with van der Waals surface area (Å²) >= 11 is 5.64. The van der Waals surface area contributed by atoms with E-state index in [1.165, 1.54) is 19.2 Å². The van der Waals surface area contributed by atoms with Gasteiger partial charge in [-0.15, -0.1) is 0 Å². The fourth-order valence-electron chi connectivity index (χ4n) is 1.53. The van der Waals surface area contributed by atoms with Crippen molar-refractivity contribution in [2.24, 2.45) is 0 Å². The smallest absolute Gasteiger partial charge is 0.326 e. The topological polar surface area (TPSA) is 119 Å². The van der Waals surface area contributed by atoms with Crippen LogP contribution >= 0.6 is 11.6 Å². The summed E-state index contributed by atoms with van der Waals surface area (Å²) in [6.07, 6.45) is 0.0766. The zero-order chi connectivity index (χ0) is 16.0. The third kappa shape index (κ3) is 4.69. The average Bonchev–Trinajstić information content (AvgIpc) is 2.42. The molecular formula is C12H13ClN2O6. The molecule has 9 heteroatoms. The number of hydrogen-bond acceptors (Lipinski definition) is 5. The van der Waals surface area contributed by atoms with Gasteiger partial charge in [0.05, 0.1) is 4.92 Å². The van der Waals surface area contributed by atoms with E-state index in [-0.39, 0.29) is 23.6 Å². The second-order valence-electron chi connectivity index (χ2n) is 4.07. The molecule has 0 bridgehead atoms. The molecule has 0 aromatic heterocycles. The van der Waals surface area contributed by atoms with Gasteiger partial charge in [0.15, 0.2) is 0 Å². The molecule has 8 nitrogen and oxygen atoms in total. The van der Waals surface area contributed by atoms with Crippen LogP contribution in [0.25, 0.3) is 0 Å². The molecule has 0 saturated carbocycles. The van der Waals surface area contributed by atoms with E-state index in [0.717, 1.165) is 6.07 Å². The minimum Gasteiger partial charge on any atom is -0.480 e. The number of nitro benzene ring substituents is 1. The molecule has 0 spiro atoms. The summed E-state index contributed by atoms with van der Waals surface area (Å²) in [5.74, 6) is -1.96. The Morgan fingerprint density at radius 3 is 2.71 bits per heavy atom. The van der Waals surface area contributed by atoms with Crippen LogP contribution in [0.4, 0.5) is 5.69 Å².